The van der Waals surface area contributed by atoms with Gasteiger partial charge in [0.05, 0.1) is 15.9 Å². The smallest absolute Gasteiger partial charge is 0.336 e. The molecule has 0 unspecified atom stereocenters. The van der Waals surface area contributed by atoms with Gasteiger partial charge in [-0.3, -0.25) is 25.7 Å². The summed E-state index contributed by atoms with van der Waals surface area (Å²) in [4.78, 5) is 32.6. The maximum Gasteiger partial charge on any atom is 0.336 e. The minimum atomic E-state index is -0.728. The first-order valence-electron chi connectivity index (χ1n) is 10.3. The molecule has 0 amide bonds. The third-order valence-corrected chi connectivity index (χ3v) is 5.11. The van der Waals surface area contributed by atoms with E-state index in [2.05, 4.69) is 10.5 Å². The van der Waals surface area contributed by atoms with E-state index < -0.39 is 26.8 Å². The molecule has 0 spiro atoms. The summed E-state index contributed by atoms with van der Waals surface area (Å²) in [6.07, 6.45) is 0. The molecule has 1 aromatic heterocycles. The van der Waals surface area contributed by atoms with Crippen molar-refractivity contribution in [2.24, 2.45) is 5.10 Å². The molecule has 0 aliphatic carbocycles. The van der Waals surface area contributed by atoms with Crippen molar-refractivity contribution >= 4 is 33.7 Å². The molecule has 1 N–H and O–H groups in total. The van der Waals surface area contributed by atoms with Crippen molar-refractivity contribution in [3.05, 3.63) is 115 Å². The van der Waals surface area contributed by atoms with Crippen molar-refractivity contribution in [3.63, 3.8) is 0 Å². The molecular weight excluding hydrogens is 456 g/mol. The predicted octanol–water partition coefficient (Wildman–Crippen LogP) is 4.81. The summed E-state index contributed by atoms with van der Waals surface area (Å²) in [5, 5.41) is 27.4. The zero-order valence-electron chi connectivity index (χ0n) is 18.3. The van der Waals surface area contributed by atoms with Crippen LogP contribution < -0.4 is 15.8 Å². The number of nitro groups is 2. The molecule has 11 heteroatoms. The Labute approximate surface area is 197 Å². The Bertz CT molecular complexity index is 1510. The van der Waals surface area contributed by atoms with E-state index in [-0.39, 0.29) is 12.3 Å². The second kappa shape index (κ2) is 9.83. The van der Waals surface area contributed by atoms with Crippen LogP contribution in [0, 0.1) is 27.2 Å². The normalized spacial score (nSPS) is 11.3. The zero-order valence-corrected chi connectivity index (χ0v) is 18.3. The first-order valence-corrected chi connectivity index (χ1v) is 10.3. The predicted molar refractivity (Wildman–Crippen MR) is 129 cm³/mol. The van der Waals surface area contributed by atoms with Gasteiger partial charge < -0.3 is 9.15 Å². The van der Waals surface area contributed by atoms with E-state index in [1.807, 2.05) is 13.0 Å². The Morgan fingerprint density at radius 3 is 2.49 bits per heavy atom. The maximum absolute atomic E-state index is 11.7. The molecule has 0 fully saturated rings. The summed E-state index contributed by atoms with van der Waals surface area (Å²) in [6.45, 7) is 1.78. The topological polar surface area (TPSA) is 150 Å². The van der Waals surface area contributed by atoms with Crippen molar-refractivity contribution in [2.75, 3.05) is 12.0 Å². The second-order valence-electron chi connectivity index (χ2n) is 7.45. The zero-order chi connectivity index (χ0) is 24.9. The van der Waals surface area contributed by atoms with E-state index >= 15 is 0 Å². The van der Waals surface area contributed by atoms with Crippen LogP contribution in [0.5, 0.6) is 5.75 Å². The highest BCUT2D eigenvalue weighted by atomic mass is 16.6. The molecule has 4 aromatic rings. The molecule has 35 heavy (non-hydrogen) atoms. The molecule has 0 atom stereocenters. The molecule has 11 nitrogen and oxygen atoms in total. The second-order valence-corrected chi connectivity index (χ2v) is 7.45. The summed E-state index contributed by atoms with van der Waals surface area (Å²) in [5.41, 5.74) is 3.50. The summed E-state index contributed by atoms with van der Waals surface area (Å²) in [6, 6.07) is 18.7. The standard InChI is InChI=1S/C24H18N4O7/c1-15-11-24(29)35-23-13-18(8-9-19(15)23)34-14-21(16-5-3-2-4-6-16)26-25-20-10-7-17(27(30)31)12-22(20)28(32)33/h2-13,25H,14H2,1H3/b26-21+. The number of nitrogens with zero attached hydrogens (tertiary/aromatic N) is 3. The third-order valence-electron chi connectivity index (χ3n) is 5.11. The lowest BCUT2D eigenvalue weighted by molar-refractivity contribution is -0.393. The lowest BCUT2D eigenvalue weighted by Crippen LogP contribution is -2.15. The average molecular weight is 474 g/mol. The number of hydrazone groups is 1. The minimum Gasteiger partial charge on any atom is -0.487 e. The van der Waals surface area contributed by atoms with Crippen molar-refractivity contribution < 1.29 is 19.0 Å². The highest BCUT2D eigenvalue weighted by molar-refractivity contribution is 6.02. The van der Waals surface area contributed by atoms with E-state index in [1.54, 1.807) is 42.5 Å². The molecule has 1 heterocycles. The first-order chi connectivity index (χ1) is 16.8. The quantitative estimate of drug-likeness (QED) is 0.165. The van der Waals surface area contributed by atoms with Gasteiger partial charge in [-0.2, -0.15) is 5.10 Å². The minimum absolute atomic E-state index is 0.0167. The van der Waals surface area contributed by atoms with Gasteiger partial charge in [0.15, 0.2) is 0 Å². The van der Waals surface area contributed by atoms with Crippen molar-refractivity contribution in [2.45, 2.75) is 6.92 Å². The van der Waals surface area contributed by atoms with Crippen molar-refractivity contribution in [3.8, 4) is 5.75 Å². The number of fused-ring (bicyclic) bond motifs is 1. The molecular formula is C24H18N4O7. The Morgan fingerprint density at radius 1 is 1.00 bits per heavy atom. The van der Waals surface area contributed by atoms with Crippen LogP contribution in [0.25, 0.3) is 11.0 Å². The summed E-state index contributed by atoms with van der Waals surface area (Å²) < 4.78 is 11.1. The Hall–Kier alpha value is -5.06. The number of non-ortho nitro benzene ring substituents is 1. The van der Waals surface area contributed by atoms with Gasteiger partial charge in [-0.05, 0) is 30.7 Å². The van der Waals surface area contributed by atoms with E-state index in [9.17, 15) is 25.0 Å². The molecule has 0 aliphatic heterocycles. The van der Waals surface area contributed by atoms with E-state index in [0.29, 0.717) is 22.6 Å². The Morgan fingerprint density at radius 2 is 1.77 bits per heavy atom. The molecule has 0 saturated carbocycles. The highest BCUT2D eigenvalue weighted by Crippen LogP contribution is 2.29. The van der Waals surface area contributed by atoms with Crippen molar-refractivity contribution in [1.82, 2.24) is 0 Å². The number of ether oxygens (including phenoxy) is 1. The lowest BCUT2D eigenvalue weighted by Gasteiger charge is -2.11. The van der Waals surface area contributed by atoms with Gasteiger partial charge in [-0.15, -0.1) is 0 Å². The SMILES string of the molecule is Cc1cc(=O)oc2cc(OC/C(=N\Nc3ccc([N+](=O)[O-])cc3[N+](=O)[O-])c3ccccc3)ccc12. The summed E-state index contributed by atoms with van der Waals surface area (Å²) in [5.74, 6) is 0.427. The molecule has 176 valence electrons. The van der Waals surface area contributed by atoms with Gasteiger partial charge >= 0.3 is 11.3 Å². The number of nitro benzene ring substituents is 2. The molecule has 4 rings (SSSR count). The van der Waals surface area contributed by atoms with E-state index in [4.69, 9.17) is 9.15 Å². The Kier molecular flexibility index (Phi) is 6.49. The van der Waals surface area contributed by atoms with E-state index in [0.717, 1.165) is 23.1 Å². The van der Waals surface area contributed by atoms with Crippen LogP contribution >= 0.6 is 0 Å². The van der Waals surface area contributed by atoms with Crippen LogP contribution in [-0.2, 0) is 0 Å². The summed E-state index contributed by atoms with van der Waals surface area (Å²) in [7, 11) is 0. The van der Waals surface area contributed by atoms with Crippen LogP contribution in [0.4, 0.5) is 17.1 Å². The molecule has 0 saturated heterocycles. The van der Waals surface area contributed by atoms with Crippen LogP contribution in [0.3, 0.4) is 0 Å². The van der Waals surface area contributed by atoms with Crippen molar-refractivity contribution in [1.29, 1.82) is 0 Å². The first kappa shape index (κ1) is 23.1. The number of benzene rings is 3. The number of hydrogen-bond donors (Lipinski definition) is 1. The number of nitrogens with one attached hydrogen (secondary N) is 1. The van der Waals surface area contributed by atoms with Crippen LogP contribution in [0.15, 0.2) is 87.1 Å². The monoisotopic (exact) mass is 474 g/mol. The van der Waals surface area contributed by atoms with Gasteiger partial charge in [-0.25, -0.2) is 4.79 Å². The van der Waals surface area contributed by atoms with Crippen LogP contribution in [0.2, 0.25) is 0 Å². The number of aryl methyl sites for hydroxylation is 1. The van der Waals surface area contributed by atoms with Gasteiger partial charge in [-0.1, -0.05) is 30.3 Å². The van der Waals surface area contributed by atoms with Crippen LogP contribution in [-0.4, -0.2) is 22.2 Å². The molecule has 0 radical (unpaired) electrons. The molecule has 0 bridgehead atoms. The fraction of sp³-hybridized carbons (Fsp3) is 0.0833. The largest absolute Gasteiger partial charge is 0.487 e. The van der Waals surface area contributed by atoms with E-state index in [1.165, 1.54) is 12.1 Å². The van der Waals surface area contributed by atoms with Crippen LogP contribution in [0.1, 0.15) is 11.1 Å². The Balaban J connectivity index is 1.63. The fourth-order valence-corrected chi connectivity index (χ4v) is 3.36. The average Bonchev–Trinajstić information content (AvgIpc) is 2.84. The lowest BCUT2D eigenvalue weighted by atomic mass is 10.1. The third kappa shape index (κ3) is 5.30. The van der Waals surface area contributed by atoms with Gasteiger partial charge in [0, 0.05) is 29.1 Å². The fourth-order valence-electron chi connectivity index (χ4n) is 3.36. The van der Waals surface area contributed by atoms with Gasteiger partial charge in [0.25, 0.3) is 5.69 Å². The number of rotatable bonds is 8. The summed E-state index contributed by atoms with van der Waals surface area (Å²) >= 11 is 0. The number of anilines is 1. The number of hydrogen-bond acceptors (Lipinski definition) is 9. The highest BCUT2D eigenvalue weighted by Gasteiger charge is 2.19. The molecule has 3 aromatic carbocycles. The van der Waals surface area contributed by atoms with Gasteiger partial charge in [0.1, 0.15) is 29.3 Å². The van der Waals surface area contributed by atoms with Gasteiger partial charge in [0.2, 0.25) is 0 Å². The molecule has 0 aliphatic rings. The maximum atomic E-state index is 11.7.